The van der Waals surface area contributed by atoms with Crippen molar-refractivity contribution < 1.29 is 9.47 Å². The van der Waals surface area contributed by atoms with Crippen LogP contribution in [0.1, 0.15) is 25.0 Å². The Labute approximate surface area is 332 Å². The third-order valence-corrected chi connectivity index (χ3v) is 10.7. The highest BCUT2D eigenvalue weighted by Gasteiger charge is 2.23. The Balaban J connectivity index is 1.23. The topological polar surface area (TPSA) is 127 Å². The first-order valence-corrected chi connectivity index (χ1v) is 19.4. The predicted octanol–water partition coefficient (Wildman–Crippen LogP) is 11.6. The van der Waals surface area contributed by atoms with Gasteiger partial charge in [-0.3, -0.25) is 0 Å². The maximum absolute atomic E-state index is 6.63. The average Bonchev–Trinajstić information content (AvgIpc) is 4.00. The number of aryl methyl sites for hydroxylation is 2. The molecule has 278 valence electrons. The Morgan fingerprint density at radius 1 is 0.379 bits per heavy atom. The number of aromatic nitrogens is 8. The molecule has 10 heteroatoms. The molecule has 2 aliphatic rings. The number of aromatic amines is 2. The van der Waals surface area contributed by atoms with Crippen molar-refractivity contribution in [3.63, 3.8) is 0 Å². The van der Waals surface area contributed by atoms with E-state index in [1.165, 1.54) is 11.1 Å². The molecular formula is C48H34N8O2. The fourth-order valence-electron chi connectivity index (χ4n) is 7.65. The zero-order chi connectivity index (χ0) is 38.7. The Kier molecular flexibility index (Phi) is 7.82. The minimum absolute atomic E-state index is 0.519. The average molecular weight is 755 g/mol. The first kappa shape index (κ1) is 33.6. The fourth-order valence-corrected chi connectivity index (χ4v) is 7.65. The molecule has 58 heavy (non-hydrogen) atoms. The molecule has 0 amide bonds. The van der Waals surface area contributed by atoms with Crippen molar-refractivity contribution in [2.24, 2.45) is 0 Å². The predicted molar refractivity (Wildman–Crippen MR) is 228 cm³/mol. The largest absolute Gasteiger partial charge is 0.453 e. The van der Waals surface area contributed by atoms with E-state index >= 15 is 0 Å². The molecule has 9 aromatic rings. The SMILES string of the molecule is CCc1ccc(Oc2cc3c4nc5nc(nc6[nH]c(nc7nc(nc([nH]4)c3cc2Oc2ccc(CC)cc2)-c2ccccc2-7)c2ccccc62)-c2ccccc2-5)cc1. The Morgan fingerprint density at radius 2 is 0.707 bits per heavy atom. The van der Waals surface area contributed by atoms with Gasteiger partial charge in [-0.15, -0.1) is 0 Å². The number of nitrogens with zero attached hydrogens (tertiary/aromatic N) is 6. The molecule has 5 heterocycles. The molecule has 8 bridgehead atoms. The Bertz CT molecular complexity index is 3050. The Hall–Kier alpha value is -7.72. The van der Waals surface area contributed by atoms with Crippen molar-refractivity contribution in [1.82, 2.24) is 39.9 Å². The number of nitrogens with one attached hydrogen (secondary N) is 2. The summed E-state index contributed by atoms with van der Waals surface area (Å²) >= 11 is 0. The first-order valence-electron chi connectivity index (χ1n) is 19.4. The van der Waals surface area contributed by atoms with E-state index in [0.717, 1.165) is 56.6 Å². The maximum Gasteiger partial charge on any atom is 0.170 e. The van der Waals surface area contributed by atoms with Crippen LogP contribution >= 0.6 is 0 Å². The molecule has 0 spiro atoms. The van der Waals surface area contributed by atoms with Crippen LogP contribution in [0.15, 0.2) is 133 Å². The molecule has 6 aromatic carbocycles. The molecule has 0 fully saturated rings. The summed E-state index contributed by atoms with van der Waals surface area (Å²) in [5.41, 5.74) is 8.32. The lowest BCUT2D eigenvalue weighted by molar-refractivity contribution is 0.420. The van der Waals surface area contributed by atoms with Crippen molar-refractivity contribution in [2.45, 2.75) is 26.7 Å². The van der Waals surface area contributed by atoms with Gasteiger partial charge in [0.15, 0.2) is 34.8 Å². The normalized spacial score (nSPS) is 11.8. The van der Waals surface area contributed by atoms with Crippen LogP contribution in [0, 0.1) is 0 Å². The summed E-state index contributed by atoms with van der Waals surface area (Å²) in [6.07, 6.45) is 1.86. The number of ether oxygens (including phenoxy) is 2. The molecule has 10 nitrogen and oxygen atoms in total. The van der Waals surface area contributed by atoms with Crippen LogP contribution in [-0.2, 0) is 12.8 Å². The highest BCUT2D eigenvalue weighted by Crippen LogP contribution is 2.42. The van der Waals surface area contributed by atoms with E-state index in [4.69, 9.17) is 39.4 Å². The zero-order valence-corrected chi connectivity index (χ0v) is 31.6. The molecule has 2 N–H and O–H groups in total. The number of fused-ring (bicyclic) bond motifs is 20. The first-order chi connectivity index (χ1) is 28.6. The van der Waals surface area contributed by atoms with Crippen molar-refractivity contribution in [3.8, 4) is 68.5 Å². The molecule has 3 aromatic heterocycles. The van der Waals surface area contributed by atoms with Gasteiger partial charge in [-0.25, -0.2) is 29.9 Å². The van der Waals surface area contributed by atoms with Crippen LogP contribution in [0.3, 0.4) is 0 Å². The lowest BCUT2D eigenvalue weighted by Crippen LogP contribution is -1.92. The molecule has 0 unspecified atom stereocenters. The summed E-state index contributed by atoms with van der Waals surface area (Å²) in [6, 6.07) is 44.2. The summed E-state index contributed by atoms with van der Waals surface area (Å²) in [5, 5.41) is 3.38. The Morgan fingerprint density at radius 3 is 1.05 bits per heavy atom. The van der Waals surface area contributed by atoms with Crippen molar-refractivity contribution in [1.29, 1.82) is 0 Å². The summed E-state index contributed by atoms with van der Waals surface area (Å²) in [7, 11) is 0. The van der Waals surface area contributed by atoms with Crippen molar-refractivity contribution >= 4 is 44.1 Å². The second-order valence-electron chi connectivity index (χ2n) is 14.3. The number of rotatable bonds is 6. The van der Waals surface area contributed by atoms with E-state index in [1.54, 1.807) is 0 Å². The molecular weight excluding hydrogens is 721 g/mol. The van der Waals surface area contributed by atoms with Crippen LogP contribution < -0.4 is 9.47 Å². The van der Waals surface area contributed by atoms with Gasteiger partial charge in [0, 0.05) is 43.8 Å². The highest BCUT2D eigenvalue weighted by atomic mass is 16.5. The third kappa shape index (κ3) is 5.73. The quantitative estimate of drug-likeness (QED) is 0.172. The second kappa shape index (κ2) is 13.5. The minimum Gasteiger partial charge on any atom is -0.453 e. The highest BCUT2D eigenvalue weighted by molar-refractivity contribution is 6.07. The summed E-state index contributed by atoms with van der Waals surface area (Å²) in [4.78, 5) is 37.8. The maximum atomic E-state index is 6.63. The molecule has 0 atom stereocenters. The van der Waals surface area contributed by atoms with Crippen LogP contribution in [-0.4, -0.2) is 39.9 Å². The van der Waals surface area contributed by atoms with Gasteiger partial charge >= 0.3 is 0 Å². The zero-order valence-electron chi connectivity index (χ0n) is 31.6. The monoisotopic (exact) mass is 754 g/mol. The minimum atomic E-state index is 0.519. The van der Waals surface area contributed by atoms with Gasteiger partial charge in [0.2, 0.25) is 0 Å². The standard InChI is InChI=1S/C48H34N8O2/c1-3-27-17-21-29(22-18-27)57-39-25-37-38(26-40(39)58-30-23-19-28(4-2)20-24-30)48-55-46-36-16-10-8-14-34(36)44(53-46)51-42-32-12-6-5-11-31(32)41(49-42)50-43-33-13-7-9-15-35(33)45(52-43)54-47(37)56-48/h5-26H,3-4H2,1-2H3,(H2,49,50,51,52,53,54,55,56). The fraction of sp³-hybridized carbons (Fsp3) is 0.0833. The number of H-pyrrole nitrogens is 2. The molecule has 0 radical (unpaired) electrons. The van der Waals surface area contributed by atoms with E-state index in [0.29, 0.717) is 68.9 Å². The van der Waals surface area contributed by atoms with E-state index in [1.807, 2.05) is 109 Å². The molecule has 0 saturated heterocycles. The second-order valence-corrected chi connectivity index (χ2v) is 14.3. The summed E-state index contributed by atoms with van der Waals surface area (Å²) in [5.74, 6) is 4.54. The van der Waals surface area contributed by atoms with Gasteiger partial charge in [0.25, 0.3) is 0 Å². The van der Waals surface area contributed by atoms with E-state index in [2.05, 4.69) is 48.1 Å². The molecule has 11 rings (SSSR count). The van der Waals surface area contributed by atoms with Gasteiger partial charge in [-0.1, -0.05) is 111 Å². The van der Waals surface area contributed by atoms with E-state index < -0.39 is 0 Å². The van der Waals surface area contributed by atoms with Crippen molar-refractivity contribution in [3.05, 3.63) is 145 Å². The van der Waals surface area contributed by atoms with Gasteiger partial charge in [0.05, 0.1) is 0 Å². The third-order valence-electron chi connectivity index (χ3n) is 10.7. The van der Waals surface area contributed by atoms with E-state index in [-0.39, 0.29) is 0 Å². The van der Waals surface area contributed by atoms with Crippen LogP contribution in [0.25, 0.3) is 89.7 Å². The molecule has 0 saturated carbocycles. The number of hydrogen-bond donors (Lipinski definition) is 2. The molecule has 0 aliphatic carbocycles. The van der Waals surface area contributed by atoms with Gasteiger partial charge in [-0.2, -0.15) is 0 Å². The summed E-state index contributed by atoms with van der Waals surface area (Å²) in [6.45, 7) is 4.27. The van der Waals surface area contributed by atoms with Gasteiger partial charge in [0.1, 0.15) is 34.1 Å². The molecule has 2 aliphatic heterocycles. The van der Waals surface area contributed by atoms with Crippen LogP contribution in [0.4, 0.5) is 0 Å². The smallest absolute Gasteiger partial charge is 0.170 e. The lowest BCUT2D eigenvalue weighted by Gasteiger charge is -2.13. The van der Waals surface area contributed by atoms with Crippen molar-refractivity contribution in [2.75, 3.05) is 0 Å². The van der Waals surface area contributed by atoms with Crippen LogP contribution in [0.2, 0.25) is 0 Å². The lowest BCUT2D eigenvalue weighted by atomic mass is 10.1. The van der Waals surface area contributed by atoms with Crippen LogP contribution in [0.5, 0.6) is 23.0 Å². The van der Waals surface area contributed by atoms with E-state index in [9.17, 15) is 0 Å². The number of benzene rings is 6. The summed E-state index contributed by atoms with van der Waals surface area (Å²) < 4.78 is 13.3. The van der Waals surface area contributed by atoms with Gasteiger partial charge in [-0.05, 0) is 60.4 Å². The number of hydrogen-bond acceptors (Lipinski definition) is 8. The van der Waals surface area contributed by atoms with Gasteiger partial charge < -0.3 is 19.4 Å².